The van der Waals surface area contributed by atoms with Gasteiger partial charge in [0, 0.05) is 12.2 Å². The summed E-state index contributed by atoms with van der Waals surface area (Å²) in [5, 5.41) is 26.9. The van der Waals surface area contributed by atoms with E-state index in [0.29, 0.717) is 17.6 Å². The first-order valence-electron chi connectivity index (χ1n) is 7.86. The van der Waals surface area contributed by atoms with Gasteiger partial charge in [-0.25, -0.2) is 0 Å². The predicted octanol–water partition coefficient (Wildman–Crippen LogP) is 0.691. The average Bonchev–Trinajstić information content (AvgIpc) is 2.61. The van der Waals surface area contributed by atoms with Gasteiger partial charge in [-0.3, -0.25) is 4.79 Å². The average molecular weight is 328 g/mol. The molecule has 0 spiro atoms. The SMILES string of the molecule is O=C(COCc1ccc(CCCO)cc1)c1ccc(B(O)O)cc1. The molecule has 0 bridgehead atoms. The Bertz CT molecular complexity index is 637. The maximum absolute atomic E-state index is 12.0. The van der Waals surface area contributed by atoms with E-state index < -0.39 is 7.12 Å². The van der Waals surface area contributed by atoms with Gasteiger partial charge in [0.2, 0.25) is 0 Å². The first kappa shape index (κ1) is 18.4. The summed E-state index contributed by atoms with van der Waals surface area (Å²) < 4.78 is 5.45. The van der Waals surface area contributed by atoms with Crippen LogP contribution >= 0.6 is 0 Å². The van der Waals surface area contributed by atoms with Crippen molar-refractivity contribution in [2.75, 3.05) is 13.2 Å². The molecule has 0 aliphatic heterocycles. The molecule has 0 unspecified atom stereocenters. The summed E-state index contributed by atoms with van der Waals surface area (Å²) in [6, 6.07) is 14.0. The monoisotopic (exact) mass is 328 g/mol. The van der Waals surface area contributed by atoms with Gasteiger partial charge in [0.1, 0.15) is 6.61 Å². The number of carbonyl (C=O) groups excluding carboxylic acids is 1. The minimum absolute atomic E-state index is 0.0344. The lowest BCUT2D eigenvalue weighted by Crippen LogP contribution is -2.29. The minimum atomic E-state index is -1.54. The van der Waals surface area contributed by atoms with Crippen LogP contribution in [-0.2, 0) is 17.8 Å². The molecule has 126 valence electrons. The Morgan fingerprint density at radius 2 is 1.58 bits per heavy atom. The van der Waals surface area contributed by atoms with Gasteiger partial charge in [0.05, 0.1) is 6.61 Å². The van der Waals surface area contributed by atoms with Crippen LogP contribution in [0, 0.1) is 0 Å². The molecule has 5 nitrogen and oxygen atoms in total. The second-order valence-corrected chi connectivity index (χ2v) is 5.56. The summed E-state index contributed by atoms with van der Waals surface area (Å²) in [4.78, 5) is 12.0. The van der Waals surface area contributed by atoms with E-state index in [-0.39, 0.29) is 19.0 Å². The van der Waals surface area contributed by atoms with Crippen molar-refractivity contribution in [1.82, 2.24) is 0 Å². The molecule has 24 heavy (non-hydrogen) atoms. The number of Topliss-reactive ketones (excluding diaryl/α,β-unsaturated/α-hetero) is 1. The number of ether oxygens (including phenoxy) is 1. The molecule has 0 saturated heterocycles. The van der Waals surface area contributed by atoms with Crippen LogP contribution in [0.15, 0.2) is 48.5 Å². The van der Waals surface area contributed by atoms with E-state index in [1.165, 1.54) is 12.1 Å². The van der Waals surface area contributed by atoms with Crippen molar-refractivity contribution >= 4 is 18.4 Å². The summed E-state index contributed by atoms with van der Waals surface area (Å²) >= 11 is 0. The number of rotatable bonds is 9. The van der Waals surface area contributed by atoms with Crippen LogP contribution in [0.25, 0.3) is 0 Å². The molecule has 0 fully saturated rings. The zero-order valence-electron chi connectivity index (χ0n) is 13.4. The van der Waals surface area contributed by atoms with E-state index in [1.54, 1.807) is 12.1 Å². The Morgan fingerprint density at radius 3 is 2.17 bits per heavy atom. The van der Waals surface area contributed by atoms with Gasteiger partial charge >= 0.3 is 7.12 Å². The second kappa shape index (κ2) is 9.34. The Balaban J connectivity index is 1.79. The van der Waals surface area contributed by atoms with Gasteiger partial charge in [-0.2, -0.15) is 0 Å². The molecule has 2 aromatic rings. The lowest BCUT2D eigenvalue weighted by molar-refractivity contribution is 0.0726. The van der Waals surface area contributed by atoms with Crippen molar-refractivity contribution in [3.05, 3.63) is 65.2 Å². The molecule has 3 N–H and O–H groups in total. The van der Waals surface area contributed by atoms with Gasteiger partial charge in [0.25, 0.3) is 0 Å². The number of aliphatic hydroxyl groups excluding tert-OH is 1. The van der Waals surface area contributed by atoms with Gasteiger partial charge in [-0.05, 0) is 29.4 Å². The summed E-state index contributed by atoms with van der Waals surface area (Å²) in [5.74, 6) is -0.159. The topological polar surface area (TPSA) is 87.0 Å². The lowest BCUT2D eigenvalue weighted by Gasteiger charge is -2.06. The zero-order chi connectivity index (χ0) is 17.4. The van der Waals surface area contributed by atoms with Crippen LogP contribution in [-0.4, -0.2) is 41.3 Å². The normalized spacial score (nSPS) is 10.6. The van der Waals surface area contributed by atoms with E-state index in [0.717, 1.165) is 24.0 Å². The first-order chi connectivity index (χ1) is 11.6. The van der Waals surface area contributed by atoms with Crippen molar-refractivity contribution in [2.24, 2.45) is 0 Å². The number of aliphatic hydroxyl groups is 1. The quantitative estimate of drug-likeness (QED) is 0.466. The standard InChI is InChI=1S/C18H21BO5/c20-11-1-2-14-3-5-15(6-4-14)12-24-13-18(21)16-7-9-17(10-8-16)19(22)23/h3-10,20,22-23H,1-2,11-13H2. The Labute approximate surface area is 141 Å². The Morgan fingerprint density at radius 1 is 0.958 bits per heavy atom. The smallest absolute Gasteiger partial charge is 0.423 e. The van der Waals surface area contributed by atoms with Gasteiger partial charge in [-0.1, -0.05) is 48.5 Å². The number of benzene rings is 2. The molecule has 0 aromatic heterocycles. The Hall–Kier alpha value is -1.99. The molecule has 0 aliphatic rings. The number of aryl methyl sites for hydroxylation is 1. The predicted molar refractivity (Wildman–Crippen MR) is 92.1 cm³/mol. The Kier molecular flexibility index (Phi) is 7.15. The van der Waals surface area contributed by atoms with E-state index in [4.69, 9.17) is 19.9 Å². The largest absolute Gasteiger partial charge is 0.488 e. The number of ketones is 1. The van der Waals surface area contributed by atoms with Crippen molar-refractivity contribution in [3.8, 4) is 0 Å². The van der Waals surface area contributed by atoms with Crippen LogP contribution in [0.4, 0.5) is 0 Å². The van der Waals surface area contributed by atoms with Crippen molar-refractivity contribution in [3.63, 3.8) is 0 Å². The fraction of sp³-hybridized carbons (Fsp3) is 0.278. The molecule has 0 atom stereocenters. The van der Waals surface area contributed by atoms with E-state index in [9.17, 15) is 4.79 Å². The summed E-state index contributed by atoms with van der Waals surface area (Å²) in [5.41, 5.74) is 2.96. The third kappa shape index (κ3) is 5.58. The molecule has 2 rings (SSSR count). The van der Waals surface area contributed by atoms with Crippen LogP contribution in [0.5, 0.6) is 0 Å². The molecular weight excluding hydrogens is 307 g/mol. The van der Waals surface area contributed by atoms with E-state index in [2.05, 4.69) is 0 Å². The van der Waals surface area contributed by atoms with Crippen molar-refractivity contribution in [2.45, 2.75) is 19.4 Å². The van der Waals surface area contributed by atoms with Gasteiger partial charge in [0.15, 0.2) is 5.78 Å². The fourth-order valence-corrected chi connectivity index (χ4v) is 2.27. The highest BCUT2D eigenvalue weighted by molar-refractivity contribution is 6.58. The van der Waals surface area contributed by atoms with Crippen LogP contribution in [0.2, 0.25) is 0 Å². The van der Waals surface area contributed by atoms with Crippen LogP contribution in [0.1, 0.15) is 27.9 Å². The van der Waals surface area contributed by atoms with E-state index >= 15 is 0 Å². The zero-order valence-corrected chi connectivity index (χ0v) is 13.4. The maximum Gasteiger partial charge on any atom is 0.488 e. The third-order valence-corrected chi connectivity index (χ3v) is 3.68. The minimum Gasteiger partial charge on any atom is -0.423 e. The molecule has 0 heterocycles. The lowest BCUT2D eigenvalue weighted by atomic mass is 9.80. The highest BCUT2D eigenvalue weighted by Crippen LogP contribution is 2.08. The van der Waals surface area contributed by atoms with Crippen LogP contribution < -0.4 is 5.46 Å². The molecule has 0 radical (unpaired) electrons. The van der Waals surface area contributed by atoms with Crippen LogP contribution in [0.3, 0.4) is 0 Å². The second-order valence-electron chi connectivity index (χ2n) is 5.56. The number of hydrogen-bond acceptors (Lipinski definition) is 5. The molecule has 0 saturated carbocycles. The molecule has 0 aliphatic carbocycles. The summed E-state index contributed by atoms with van der Waals surface area (Å²) in [7, 11) is -1.54. The highest BCUT2D eigenvalue weighted by Gasteiger charge is 2.12. The summed E-state index contributed by atoms with van der Waals surface area (Å²) in [6.45, 7) is 0.498. The van der Waals surface area contributed by atoms with Gasteiger partial charge in [-0.15, -0.1) is 0 Å². The van der Waals surface area contributed by atoms with Crippen molar-refractivity contribution in [1.29, 1.82) is 0 Å². The fourth-order valence-electron chi connectivity index (χ4n) is 2.27. The van der Waals surface area contributed by atoms with Gasteiger partial charge < -0.3 is 19.9 Å². The highest BCUT2D eigenvalue weighted by atomic mass is 16.5. The molecule has 2 aromatic carbocycles. The number of hydrogen-bond donors (Lipinski definition) is 3. The molecule has 0 amide bonds. The molecular formula is C18H21BO5. The van der Waals surface area contributed by atoms with E-state index in [1.807, 2.05) is 24.3 Å². The van der Waals surface area contributed by atoms with Crippen molar-refractivity contribution < 1.29 is 24.7 Å². The molecule has 6 heteroatoms. The maximum atomic E-state index is 12.0. The summed E-state index contributed by atoms with van der Waals surface area (Å²) in [6.07, 6.45) is 1.59. The first-order valence-corrected chi connectivity index (χ1v) is 7.86. The number of carbonyl (C=O) groups is 1. The third-order valence-electron chi connectivity index (χ3n) is 3.68.